The Balaban J connectivity index is 3.14. The number of rotatable bonds is 3. The highest BCUT2D eigenvalue weighted by Crippen LogP contribution is 2.22. The fraction of sp³-hybridized carbons (Fsp3) is 0.583. The van der Waals surface area contributed by atoms with Crippen LogP contribution in [-0.4, -0.2) is 4.98 Å². The maximum Gasteiger partial charge on any atom is 0.0472 e. The summed E-state index contributed by atoms with van der Waals surface area (Å²) in [4.78, 5) is 4.71. The van der Waals surface area contributed by atoms with E-state index in [2.05, 4.69) is 55.8 Å². The first-order chi connectivity index (χ1) is 6.56. The third-order valence-corrected chi connectivity index (χ3v) is 2.92. The minimum atomic E-state index is 0.501. The molecule has 1 rings (SSSR count). The van der Waals surface area contributed by atoms with E-state index < -0.39 is 0 Å². The van der Waals surface area contributed by atoms with Crippen LogP contribution >= 0.6 is 15.9 Å². The Kier molecular flexibility index (Phi) is 4.11. The van der Waals surface area contributed by atoms with Gasteiger partial charge < -0.3 is 0 Å². The van der Waals surface area contributed by atoms with Crippen molar-refractivity contribution in [3.63, 3.8) is 0 Å². The second-order valence-corrected chi connectivity index (χ2v) is 4.78. The first-order valence-electron chi connectivity index (χ1n) is 5.12. The molecule has 0 spiro atoms. The van der Waals surface area contributed by atoms with Crippen molar-refractivity contribution in [3.8, 4) is 0 Å². The van der Waals surface area contributed by atoms with Crippen molar-refractivity contribution in [1.29, 1.82) is 0 Å². The summed E-state index contributed by atoms with van der Waals surface area (Å²) in [6.45, 7) is 8.75. The minimum Gasteiger partial charge on any atom is -0.257 e. The molecule has 0 amide bonds. The first kappa shape index (κ1) is 11.7. The van der Waals surface area contributed by atoms with Gasteiger partial charge in [-0.2, -0.15) is 0 Å². The van der Waals surface area contributed by atoms with Crippen LogP contribution in [0.3, 0.4) is 0 Å². The monoisotopic (exact) mass is 255 g/mol. The Hall–Kier alpha value is -0.370. The Bertz CT molecular complexity index is 305. The van der Waals surface area contributed by atoms with Gasteiger partial charge in [-0.3, -0.25) is 4.98 Å². The number of alkyl halides is 1. The summed E-state index contributed by atoms with van der Waals surface area (Å²) in [7, 11) is 0. The summed E-state index contributed by atoms with van der Waals surface area (Å²) in [6, 6.07) is 4.32. The summed E-state index contributed by atoms with van der Waals surface area (Å²) < 4.78 is 0. The molecule has 0 radical (unpaired) electrons. The molecule has 1 nitrogen and oxygen atoms in total. The molecule has 0 aliphatic carbocycles. The van der Waals surface area contributed by atoms with Gasteiger partial charge in [-0.15, -0.1) is 0 Å². The van der Waals surface area contributed by atoms with Crippen LogP contribution in [0.15, 0.2) is 12.1 Å². The van der Waals surface area contributed by atoms with E-state index >= 15 is 0 Å². The number of halogens is 1. The van der Waals surface area contributed by atoms with Crippen molar-refractivity contribution in [2.45, 2.75) is 44.9 Å². The van der Waals surface area contributed by atoms with Crippen LogP contribution in [0.2, 0.25) is 0 Å². The number of aromatic nitrogens is 1. The Morgan fingerprint density at radius 2 is 1.79 bits per heavy atom. The molecule has 14 heavy (non-hydrogen) atoms. The van der Waals surface area contributed by atoms with Crippen LogP contribution in [0.1, 0.15) is 56.5 Å². The van der Waals surface area contributed by atoms with Crippen molar-refractivity contribution < 1.29 is 0 Å². The highest BCUT2D eigenvalue weighted by molar-refractivity contribution is 9.08. The third-order valence-electron chi connectivity index (χ3n) is 2.32. The SMILES string of the molecule is CC(C)c1ccc(CBr)c(C(C)C)n1. The Labute approximate surface area is 95.1 Å². The maximum atomic E-state index is 4.71. The average Bonchev–Trinajstić information content (AvgIpc) is 2.16. The maximum absolute atomic E-state index is 4.71. The van der Waals surface area contributed by atoms with Gasteiger partial charge in [-0.05, 0) is 23.5 Å². The van der Waals surface area contributed by atoms with Crippen LogP contribution in [-0.2, 0) is 5.33 Å². The molecule has 0 aliphatic rings. The molecule has 0 saturated carbocycles. The van der Waals surface area contributed by atoms with E-state index in [0.717, 1.165) is 5.33 Å². The van der Waals surface area contributed by atoms with Gasteiger partial charge in [0.15, 0.2) is 0 Å². The van der Waals surface area contributed by atoms with Crippen LogP contribution < -0.4 is 0 Å². The molecule has 1 heterocycles. The molecule has 0 unspecified atom stereocenters. The molecule has 0 bridgehead atoms. The summed E-state index contributed by atoms with van der Waals surface area (Å²) in [6.07, 6.45) is 0. The highest BCUT2D eigenvalue weighted by atomic mass is 79.9. The number of hydrogen-bond donors (Lipinski definition) is 0. The minimum absolute atomic E-state index is 0.501. The fourth-order valence-electron chi connectivity index (χ4n) is 1.45. The lowest BCUT2D eigenvalue weighted by molar-refractivity contribution is 0.757. The quantitative estimate of drug-likeness (QED) is 0.738. The molecule has 78 valence electrons. The summed E-state index contributed by atoms with van der Waals surface area (Å²) in [5, 5.41) is 0.895. The third kappa shape index (κ3) is 2.57. The van der Waals surface area contributed by atoms with Gasteiger partial charge in [0, 0.05) is 16.7 Å². The van der Waals surface area contributed by atoms with Gasteiger partial charge in [0.25, 0.3) is 0 Å². The molecule has 0 atom stereocenters. The number of hydrogen-bond acceptors (Lipinski definition) is 1. The lowest BCUT2D eigenvalue weighted by Crippen LogP contribution is -2.03. The van der Waals surface area contributed by atoms with Crippen molar-refractivity contribution in [1.82, 2.24) is 4.98 Å². The molecular formula is C12H18BrN. The van der Waals surface area contributed by atoms with E-state index in [4.69, 9.17) is 4.98 Å². The van der Waals surface area contributed by atoms with Gasteiger partial charge >= 0.3 is 0 Å². The van der Waals surface area contributed by atoms with Gasteiger partial charge in [0.05, 0.1) is 0 Å². The van der Waals surface area contributed by atoms with E-state index in [0.29, 0.717) is 11.8 Å². The van der Waals surface area contributed by atoms with E-state index in [9.17, 15) is 0 Å². The van der Waals surface area contributed by atoms with Crippen molar-refractivity contribution in [3.05, 3.63) is 29.1 Å². The van der Waals surface area contributed by atoms with E-state index in [1.54, 1.807) is 0 Å². The van der Waals surface area contributed by atoms with Crippen molar-refractivity contribution in [2.24, 2.45) is 0 Å². The van der Waals surface area contributed by atoms with Gasteiger partial charge in [-0.25, -0.2) is 0 Å². The molecule has 0 aliphatic heterocycles. The zero-order chi connectivity index (χ0) is 10.7. The largest absolute Gasteiger partial charge is 0.257 e. The summed E-state index contributed by atoms with van der Waals surface area (Å²) in [5.41, 5.74) is 3.73. The van der Waals surface area contributed by atoms with Crippen molar-refractivity contribution >= 4 is 15.9 Å². The normalized spacial score (nSPS) is 11.4. The highest BCUT2D eigenvalue weighted by Gasteiger charge is 2.10. The average molecular weight is 256 g/mol. The fourth-order valence-corrected chi connectivity index (χ4v) is 1.93. The Morgan fingerprint density at radius 1 is 1.14 bits per heavy atom. The zero-order valence-electron chi connectivity index (χ0n) is 9.34. The van der Waals surface area contributed by atoms with E-state index in [1.807, 2.05) is 0 Å². The van der Waals surface area contributed by atoms with Gasteiger partial charge in [0.2, 0.25) is 0 Å². The zero-order valence-corrected chi connectivity index (χ0v) is 10.9. The van der Waals surface area contributed by atoms with Crippen LogP contribution in [0.4, 0.5) is 0 Å². The molecule has 1 aromatic rings. The van der Waals surface area contributed by atoms with E-state index in [1.165, 1.54) is 17.0 Å². The van der Waals surface area contributed by atoms with Crippen LogP contribution in [0.5, 0.6) is 0 Å². The van der Waals surface area contributed by atoms with E-state index in [-0.39, 0.29) is 0 Å². The molecule has 0 aromatic carbocycles. The van der Waals surface area contributed by atoms with Gasteiger partial charge in [0.1, 0.15) is 0 Å². The standard InChI is InChI=1S/C12H18BrN/c1-8(2)11-6-5-10(7-13)12(14-11)9(3)4/h5-6,8-9H,7H2,1-4H3. The second kappa shape index (κ2) is 4.92. The van der Waals surface area contributed by atoms with Crippen LogP contribution in [0.25, 0.3) is 0 Å². The van der Waals surface area contributed by atoms with Crippen molar-refractivity contribution in [2.75, 3.05) is 0 Å². The number of pyridine rings is 1. The smallest absolute Gasteiger partial charge is 0.0472 e. The Morgan fingerprint density at radius 3 is 2.21 bits per heavy atom. The molecule has 0 fully saturated rings. The molecule has 2 heteroatoms. The molecule has 0 N–H and O–H groups in total. The lowest BCUT2D eigenvalue weighted by Gasteiger charge is -2.13. The molecule has 0 saturated heterocycles. The number of nitrogens with zero attached hydrogens (tertiary/aromatic N) is 1. The van der Waals surface area contributed by atoms with Gasteiger partial charge in [-0.1, -0.05) is 49.7 Å². The molecular weight excluding hydrogens is 238 g/mol. The molecule has 1 aromatic heterocycles. The lowest BCUT2D eigenvalue weighted by atomic mass is 10.0. The summed E-state index contributed by atoms with van der Waals surface area (Å²) >= 11 is 3.50. The topological polar surface area (TPSA) is 12.9 Å². The predicted octanol–water partition coefficient (Wildman–Crippen LogP) is 4.22. The summed E-state index contributed by atoms with van der Waals surface area (Å²) in [5.74, 6) is 1.01. The predicted molar refractivity (Wildman–Crippen MR) is 65.0 cm³/mol. The first-order valence-corrected chi connectivity index (χ1v) is 6.24. The second-order valence-electron chi connectivity index (χ2n) is 4.22. The van der Waals surface area contributed by atoms with Crippen LogP contribution in [0, 0.1) is 0 Å².